The molecule has 0 atom stereocenters. The number of hydrogen-bond acceptors (Lipinski definition) is 5. The molecule has 0 fully saturated rings. The van der Waals surface area contributed by atoms with E-state index in [1.54, 1.807) is 0 Å². The number of aryl methyl sites for hydroxylation is 1. The second-order valence-corrected chi connectivity index (χ2v) is 5.18. The van der Waals surface area contributed by atoms with Gasteiger partial charge in [0.25, 0.3) is 5.56 Å². The first kappa shape index (κ1) is 17.2. The maximum atomic E-state index is 12.1. The lowest BCUT2D eigenvalue weighted by atomic mass is 10.3. The van der Waals surface area contributed by atoms with E-state index in [2.05, 4.69) is 15.6 Å². The van der Waals surface area contributed by atoms with Crippen LogP contribution in [-0.4, -0.2) is 37.8 Å². The molecule has 0 saturated heterocycles. The molecule has 2 rings (SSSR count). The van der Waals surface area contributed by atoms with Gasteiger partial charge in [0.15, 0.2) is 0 Å². The first-order valence-corrected chi connectivity index (χ1v) is 7.13. The fraction of sp³-hybridized carbons (Fsp3) is 0.357. The Bertz CT molecular complexity index is 914. The van der Waals surface area contributed by atoms with Crippen LogP contribution in [-0.2, 0) is 18.9 Å². The van der Waals surface area contributed by atoms with Gasteiger partial charge in [-0.05, 0) is 12.5 Å². The average molecular weight is 335 g/mol. The van der Waals surface area contributed by atoms with Crippen LogP contribution in [0, 0.1) is 0 Å². The van der Waals surface area contributed by atoms with E-state index in [0.29, 0.717) is 6.42 Å². The summed E-state index contributed by atoms with van der Waals surface area (Å²) < 4.78 is 2.20. The normalized spacial score (nSPS) is 10.6. The number of carbonyl (C=O) groups is 2. The van der Waals surface area contributed by atoms with Crippen molar-refractivity contribution >= 4 is 28.7 Å². The number of anilines is 1. The van der Waals surface area contributed by atoms with E-state index in [0.717, 1.165) is 4.57 Å². The molecule has 0 unspecified atom stereocenters. The van der Waals surface area contributed by atoms with Gasteiger partial charge < -0.3 is 15.7 Å². The maximum Gasteiger partial charge on any atom is 0.332 e. The SMILES string of the molecule is Cn1c(=O)c2cc(NC(=O)NCCCC(=O)O)cnc2n(C)c1=O. The van der Waals surface area contributed by atoms with Crippen molar-refractivity contribution in [1.29, 1.82) is 0 Å². The van der Waals surface area contributed by atoms with Crippen LogP contribution in [0.1, 0.15) is 12.8 Å². The fourth-order valence-corrected chi connectivity index (χ4v) is 2.15. The summed E-state index contributed by atoms with van der Waals surface area (Å²) in [4.78, 5) is 50.1. The maximum absolute atomic E-state index is 12.1. The minimum absolute atomic E-state index is 0.0398. The van der Waals surface area contributed by atoms with E-state index >= 15 is 0 Å². The first-order valence-electron chi connectivity index (χ1n) is 7.13. The van der Waals surface area contributed by atoms with Crippen molar-refractivity contribution in [3.63, 3.8) is 0 Å². The van der Waals surface area contributed by atoms with Crippen LogP contribution in [0.4, 0.5) is 10.5 Å². The highest BCUT2D eigenvalue weighted by molar-refractivity contribution is 5.91. The highest BCUT2D eigenvalue weighted by Crippen LogP contribution is 2.11. The van der Waals surface area contributed by atoms with Crippen LogP contribution in [0.25, 0.3) is 11.0 Å². The summed E-state index contributed by atoms with van der Waals surface area (Å²) in [6.07, 6.45) is 1.60. The number of nitrogens with one attached hydrogen (secondary N) is 2. The van der Waals surface area contributed by atoms with Crippen LogP contribution in [0.3, 0.4) is 0 Å². The van der Waals surface area contributed by atoms with Gasteiger partial charge in [-0.1, -0.05) is 0 Å². The molecule has 10 heteroatoms. The molecule has 2 amide bonds. The van der Waals surface area contributed by atoms with E-state index < -0.39 is 23.2 Å². The lowest BCUT2D eigenvalue weighted by molar-refractivity contribution is -0.137. The zero-order valence-corrected chi connectivity index (χ0v) is 13.2. The smallest absolute Gasteiger partial charge is 0.332 e. The molecule has 3 N–H and O–H groups in total. The zero-order chi connectivity index (χ0) is 17.9. The Morgan fingerprint density at radius 3 is 2.62 bits per heavy atom. The lowest BCUT2D eigenvalue weighted by Gasteiger charge is -2.09. The number of hydrogen-bond donors (Lipinski definition) is 3. The van der Waals surface area contributed by atoms with Crippen molar-refractivity contribution < 1.29 is 14.7 Å². The average Bonchev–Trinajstić information content (AvgIpc) is 2.54. The third kappa shape index (κ3) is 3.59. The monoisotopic (exact) mass is 335 g/mol. The van der Waals surface area contributed by atoms with Gasteiger partial charge in [0, 0.05) is 27.1 Å². The molecule has 10 nitrogen and oxygen atoms in total. The molecule has 0 radical (unpaired) electrons. The van der Waals surface area contributed by atoms with Gasteiger partial charge in [-0.2, -0.15) is 0 Å². The van der Waals surface area contributed by atoms with Gasteiger partial charge in [-0.25, -0.2) is 14.6 Å². The number of fused-ring (bicyclic) bond motifs is 1. The predicted octanol–water partition coefficient (Wildman–Crippen LogP) is -0.382. The van der Waals surface area contributed by atoms with Crippen molar-refractivity contribution in [1.82, 2.24) is 19.4 Å². The fourth-order valence-electron chi connectivity index (χ4n) is 2.15. The van der Waals surface area contributed by atoms with Crippen LogP contribution in [0.5, 0.6) is 0 Å². The summed E-state index contributed by atoms with van der Waals surface area (Å²) in [6, 6.07) is 0.893. The molecule has 128 valence electrons. The van der Waals surface area contributed by atoms with Gasteiger partial charge in [-0.15, -0.1) is 0 Å². The number of rotatable bonds is 5. The Kier molecular flexibility index (Phi) is 4.97. The van der Waals surface area contributed by atoms with Crippen molar-refractivity contribution in [3.8, 4) is 0 Å². The van der Waals surface area contributed by atoms with E-state index in [4.69, 9.17) is 5.11 Å². The van der Waals surface area contributed by atoms with E-state index in [-0.39, 0.29) is 29.7 Å². The summed E-state index contributed by atoms with van der Waals surface area (Å²) in [7, 11) is 2.86. The molecule has 0 aliphatic heterocycles. The van der Waals surface area contributed by atoms with Crippen molar-refractivity contribution in [3.05, 3.63) is 33.1 Å². The highest BCUT2D eigenvalue weighted by Gasteiger charge is 2.11. The molecular weight excluding hydrogens is 318 g/mol. The Balaban J connectivity index is 2.17. The summed E-state index contributed by atoms with van der Waals surface area (Å²) in [5, 5.41) is 13.7. The third-order valence-electron chi connectivity index (χ3n) is 3.40. The molecule has 0 aliphatic carbocycles. The molecule has 0 aliphatic rings. The summed E-state index contributed by atoms with van der Waals surface area (Å²) >= 11 is 0. The van der Waals surface area contributed by atoms with Crippen LogP contribution >= 0.6 is 0 Å². The van der Waals surface area contributed by atoms with Crippen molar-refractivity contribution in [2.24, 2.45) is 14.1 Å². The molecule has 0 spiro atoms. The van der Waals surface area contributed by atoms with Crippen LogP contribution in [0.2, 0.25) is 0 Å². The number of carboxylic acids is 1. The number of carbonyl (C=O) groups excluding carboxylic acids is 1. The topological polar surface area (TPSA) is 135 Å². The van der Waals surface area contributed by atoms with Crippen molar-refractivity contribution in [2.75, 3.05) is 11.9 Å². The number of urea groups is 1. The molecule has 24 heavy (non-hydrogen) atoms. The minimum Gasteiger partial charge on any atom is -0.481 e. The number of aromatic nitrogens is 3. The quantitative estimate of drug-likeness (QED) is 0.637. The first-order chi connectivity index (χ1) is 11.3. The van der Waals surface area contributed by atoms with Gasteiger partial charge in [0.2, 0.25) is 0 Å². The summed E-state index contributed by atoms with van der Waals surface area (Å²) in [6.45, 7) is 0.204. The molecule has 0 bridgehead atoms. The lowest BCUT2D eigenvalue weighted by Crippen LogP contribution is -2.37. The Morgan fingerprint density at radius 2 is 1.96 bits per heavy atom. The highest BCUT2D eigenvalue weighted by atomic mass is 16.4. The minimum atomic E-state index is -0.933. The number of carboxylic acid groups (broad SMARTS) is 1. The molecular formula is C14H17N5O5. The van der Waals surface area contributed by atoms with Crippen LogP contribution in [0.15, 0.2) is 21.9 Å². The van der Waals surface area contributed by atoms with Gasteiger partial charge in [0.05, 0.1) is 17.3 Å². The van der Waals surface area contributed by atoms with E-state index in [1.807, 2.05) is 0 Å². The second-order valence-electron chi connectivity index (χ2n) is 5.18. The van der Waals surface area contributed by atoms with Gasteiger partial charge in [0.1, 0.15) is 5.65 Å². The standard InChI is InChI=1S/C14H17N5O5/c1-18-11-9(12(22)19(2)14(18)24)6-8(7-16-11)17-13(23)15-5-3-4-10(20)21/h6-7H,3-5H2,1-2H3,(H,20,21)(H2,15,17,23). The van der Waals surface area contributed by atoms with Gasteiger partial charge in [-0.3, -0.25) is 18.7 Å². The Morgan fingerprint density at radius 1 is 1.25 bits per heavy atom. The Labute approximate surface area is 135 Å². The Hall–Kier alpha value is -3.17. The van der Waals surface area contributed by atoms with E-state index in [9.17, 15) is 19.2 Å². The molecule has 2 aromatic rings. The molecule has 2 heterocycles. The molecule has 2 aromatic heterocycles. The number of nitrogens with zero attached hydrogens (tertiary/aromatic N) is 3. The third-order valence-corrected chi connectivity index (χ3v) is 3.40. The predicted molar refractivity (Wildman–Crippen MR) is 86.1 cm³/mol. The van der Waals surface area contributed by atoms with Crippen LogP contribution < -0.4 is 21.9 Å². The second kappa shape index (κ2) is 6.94. The number of aliphatic carboxylic acids is 1. The summed E-state index contributed by atoms with van der Waals surface area (Å²) in [5.74, 6) is -0.933. The largest absolute Gasteiger partial charge is 0.481 e. The molecule has 0 saturated carbocycles. The molecule has 0 aromatic carbocycles. The van der Waals surface area contributed by atoms with Gasteiger partial charge >= 0.3 is 17.7 Å². The van der Waals surface area contributed by atoms with E-state index in [1.165, 1.54) is 30.9 Å². The number of pyridine rings is 1. The summed E-state index contributed by atoms with van der Waals surface area (Å²) in [5.41, 5.74) is -0.493. The van der Waals surface area contributed by atoms with Crippen molar-refractivity contribution in [2.45, 2.75) is 12.8 Å². The number of amides is 2. The zero-order valence-electron chi connectivity index (χ0n) is 13.2.